The van der Waals surface area contributed by atoms with E-state index in [9.17, 15) is 27.6 Å². The molecule has 3 aromatic rings. The van der Waals surface area contributed by atoms with Gasteiger partial charge in [0.05, 0.1) is 28.0 Å². The molecule has 15 heteroatoms. The van der Waals surface area contributed by atoms with Crippen LogP contribution in [0.2, 0.25) is 5.02 Å². The van der Waals surface area contributed by atoms with Crippen LogP contribution in [0.25, 0.3) is 0 Å². The Labute approximate surface area is 235 Å². The summed E-state index contributed by atoms with van der Waals surface area (Å²) >= 11 is 6.90. The zero-order chi connectivity index (χ0) is 29.2. The van der Waals surface area contributed by atoms with E-state index in [4.69, 9.17) is 21.1 Å². The van der Waals surface area contributed by atoms with Crippen LogP contribution < -0.4 is 15.0 Å². The number of hydrogen-bond donors (Lipinski definition) is 1. The van der Waals surface area contributed by atoms with Crippen LogP contribution in [0.3, 0.4) is 0 Å². The number of ether oxygens (including phenoxy) is 2. The second-order valence-corrected chi connectivity index (χ2v) is 10.4. The second-order valence-electron chi connectivity index (χ2n) is 8.70. The highest BCUT2D eigenvalue weighted by atomic mass is 35.5. The Morgan fingerprint density at radius 2 is 1.93 bits per heavy atom. The molecule has 0 bridgehead atoms. The van der Waals surface area contributed by atoms with Crippen molar-refractivity contribution >= 4 is 52.5 Å². The molecule has 4 rings (SSSR count). The molecule has 0 aliphatic carbocycles. The zero-order valence-electron chi connectivity index (χ0n) is 21.4. The fourth-order valence-electron chi connectivity index (χ4n) is 3.90. The summed E-state index contributed by atoms with van der Waals surface area (Å²) in [4.78, 5) is 39.0. The molecule has 2 amide bonds. The smallest absolute Gasteiger partial charge is 0.416 e. The van der Waals surface area contributed by atoms with Gasteiger partial charge in [-0.15, -0.1) is 10.2 Å². The maximum absolute atomic E-state index is 12.9. The fraction of sp³-hybridized carbons (Fsp3) is 0.320. The number of esters is 1. The van der Waals surface area contributed by atoms with Crippen LogP contribution in [0.5, 0.6) is 5.75 Å². The second kappa shape index (κ2) is 11.8. The standard InChI is InChI=1S/C25H23ClF3N5O5S/c1-13(34-18-6-4-5-7-19(18)38-12-21(34)36)22-31-32-24(33(22)3)40-14(2)23(37)39-11-20(35)30-17-10-15(25(27,28)29)8-9-16(17)26/h4-10,13-14H,11-12H2,1-3H3,(H,30,35). The number of aromatic nitrogens is 3. The third kappa shape index (κ3) is 6.33. The van der Waals surface area contributed by atoms with Crippen molar-refractivity contribution in [1.82, 2.24) is 14.8 Å². The van der Waals surface area contributed by atoms with E-state index in [0.29, 0.717) is 28.5 Å². The summed E-state index contributed by atoms with van der Waals surface area (Å²) in [6.45, 7) is 2.48. The van der Waals surface area contributed by atoms with Gasteiger partial charge < -0.3 is 19.4 Å². The minimum absolute atomic E-state index is 0.105. The number of para-hydroxylation sites is 2. The van der Waals surface area contributed by atoms with Crippen LogP contribution in [0.15, 0.2) is 47.6 Å². The molecule has 2 atom stereocenters. The molecule has 10 nitrogen and oxygen atoms in total. The lowest BCUT2D eigenvalue weighted by Gasteiger charge is -2.33. The highest BCUT2D eigenvalue weighted by Crippen LogP contribution is 2.37. The number of nitrogens with one attached hydrogen (secondary N) is 1. The van der Waals surface area contributed by atoms with Gasteiger partial charge in [-0.3, -0.25) is 19.3 Å². The molecule has 2 unspecified atom stereocenters. The Hall–Kier alpha value is -3.78. The van der Waals surface area contributed by atoms with Crippen LogP contribution in [0.4, 0.5) is 24.5 Å². The summed E-state index contributed by atoms with van der Waals surface area (Å²) in [5.41, 5.74) is -0.652. The minimum atomic E-state index is -4.62. The summed E-state index contributed by atoms with van der Waals surface area (Å²) in [7, 11) is 1.69. The first-order valence-electron chi connectivity index (χ1n) is 11.8. The number of nitrogens with zero attached hydrogens (tertiary/aromatic N) is 4. The van der Waals surface area contributed by atoms with E-state index in [0.717, 1.165) is 23.9 Å². The molecular weight excluding hydrogens is 575 g/mol. The molecule has 0 saturated carbocycles. The van der Waals surface area contributed by atoms with Crippen molar-refractivity contribution in [1.29, 1.82) is 0 Å². The first-order chi connectivity index (χ1) is 18.9. The molecule has 40 heavy (non-hydrogen) atoms. The van der Waals surface area contributed by atoms with Crippen LogP contribution in [-0.2, 0) is 32.3 Å². The molecule has 212 valence electrons. The molecule has 1 aliphatic rings. The van der Waals surface area contributed by atoms with Crippen LogP contribution in [-0.4, -0.2) is 51.0 Å². The lowest BCUT2D eigenvalue weighted by Crippen LogP contribution is -2.41. The van der Waals surface area contributed by atoms with E-state index < -0.39 is 41.5 Å². The third-order valence-electron chi connectivity index (χ3n) is 5.90. The van der Waals surface area contributed by atoms with Crippen molar-refractivity contribution in [3.05, 3.63) is 58.9 Å². The molecule has 0 fully saturated rings. The molecule has 1 aromatic heterocycles. The molecular formula is C25H23ClF3N5O5S. The quantitative estimate of drug-likeness (QED) is 0.295. The molecule has 1 N–H and O–H groups in total. The highest BCUT2D eigenvalue weighted by Gasteiger charge is 2.33. The average molecular weight is 598 g/mol. The number of fused-ring (bicyclic) bond motifs is 1. The van der Waals surface area contributed by atoms with Gasteiger partial charge >= 0.3 is 12.1 Å². The van der Waals surface area contributed by atoms with Gasteiger partial charge in [0, 0.05) is 7.05 Å². The first kappa shape index (κ1) is 29.2. The number of benzene rings is 2. The van der Waals surface area contributed by atoms with E-state index in [2.05, 4.69) is 15.5 Å². The topological polar surface area (TPSA) is 116 Å². The van der Waals surface area contributed by atoms with Gasteiger partial charge in [0.25, 0.3) is 11.8 Å². The third-order valence-corrected chi connectivity index (χ3v) is 7.34. The summed E-state index contributed by atoms with van der Waals surface area (Å²) in [6, 6.07) is 9.11. The number of amides is 2. The number of thioether (sulfide) groups is 1. The minimum Gasteiger partial charge on any atom is -0.482 e. The van der Waals surface area contributed by atoms with E-state index >= 15 is 0 Å². The number of alkyl halides is 3. The van der Waals surface area contributed by atoms with Crippen LogP contribution in [0.1, 0.15) is 31.3 Å². The van der Waals surface area contributed by atoms with Gasteiger partial charge in [-0.25, -0.2) is 0 Å². The monoisotopic (exact) mass is 597 g/mol. The maximum Gasteiger partial charge on any atom is 0.416 e. The first-order valence-corrected chi connectivity index (χ1v) is 13.1. The van der Waals surface area contributed by atoms with Crippen molar-refractivity contribution in [2.75, 3.05) is 23.4 Å². The molecule has 2 heterocycles. The molecule has 2 aromatic carbocycles. The lowest BCUT2D eigenvalue weighted by atomic mass is 10.1. The van der Waals surface area contributed by atoms with E-state index in [1.54, 1.807) is 47.7 Å². The predicted octanol–water partition coefficient (Wildman–Crippen LogP) is 4.64. The number of hydrogen-bond acceptors (Lipinski definition) is 8. The van der Waals surface area contributed by atoms with E-state index in [-0.39, 0.29) is 23.2 Å². The molecule has 0 spiro atoms. The summed E-state index contributed by atoms with van der Waals surface area (Å²) in [5, 5.41) is 10.00. The van der Waals surface area contributed by atoms with Crippen LogP contribution >= 0.6 is 23.4 Å². The largest absolute Gasteiger partial charge is 0.482 e. The zero-order valence-corrected chi connectivity index (χ0v) is 22.9. The number of rotatable bonds is 8. The Kier molecular flexibility index (Phi) is 8.59. The fourth-order valence-corrected chi connectivity index (χ4v) is 4.88. The van der Waals surface area contributed by atoms with Gasteiger partial charge in [-0.05, 0) is 44.2 Å². The average Bonchev–Trinajstić information content (AvgIpc) is 3.27. The SMILES string of the molecule is CC(Sc1nnc(C(C)N2C(=O)COc3ccccc32)n1C)C(=O)OCC(=O)Nc1cc(C(F)(F)F)ccc1Cl. The van der Waals surface area contributed by atoms with Crippen molar-refractivity contribution in [3.63, 3.8) is 0 Å². The Bertz CT molecular complexity index is 1450. The van der Waals surface area contributed by atoms with Crippen LogP contribution in [0, 0.1) is 0 Å². The number of anilines is 2. The Balaban J connectivity index is 1.36. The number of carbonyl (C=O) groups excluding carboxylic acids is 3. The van der Waals surface area contributed by atoms with Gasteiger partial charge in [-0.2, -0.15) is 13.2 Å². The number of carbonyl (C=O) groups is 3. The summed E-state index contributed by atoms with van der Waals surface area (Å²) < 4.78 is 51.0. The van der Waals surface area contributed by atoms with Crippen molar-refractivity contribution in [3.8, 4) is 5.75 Å². The van der Waals surface area contributed by atoms with Crippen molar-refractivity contribution < 1.29 is 37.0 Å². The highest BCUT2D eigenvalue weighted by molar-refractivity contribution is 8.00. The molecule has 1 aliphatic heterocycles. The predicted molar refractivity (Wildman–Crippen MR) is 140 cm³/mol. The van der Waals surface area contributed by atoms with E-state index in [1.807, 2.05) is 0 Å². The number of halogens is 4. The van der Waals surface area contributed by atoms with Crippen molar-refractivity contribution in [2.24, 2.45) is 7.05 Å². The van der Waals surface area contributed by atoms with Gasteiger partial charge in [0.1, 0.15) is 11.0 Å². The van der Waals surface area contributed by atoms with E-state index in [1.165, 1.54) is 6.92 Å². The lowest BCUT2D eigenvalue weighted by molar-refractivity contribution is -0.146. The molecule has 0 radical (unpaired) electrons. The Morgan fingerprint density at radius 3 is 2.65 bits per heavy atom. The summed E-state index contributed by atoms with van der Waals surface area (Å²) in [5.74, 6) is -0.834. The maximum atomic E-state index is 12.9. The van der Waals surface area contributed by atoms with Gasteiger partial charge in [0.2, 0.25) is 0 Å². The molecule has 0 saturated heterocycles. The van der Waals surface area contributed by atoms with Crippen molar-refractivity contribution in [2.45, 2.75) is 36.5 Å². The van der Waals surface area contributed by atoms with Gasteiger partial charge in [0.15, 0.2) is 24.2 Å². The van der Waals surface area contributed by atoms with Gasteiger partial charge in [-0.1, -0.05) is 35.5 Å². The normalized spacial score (nSPS) is 14.7. The Morgan fingerprint density at radius 1 is 1.20 bits per heavy atom. The summed E-state index contributed by atoms with van der Waals surface area (Å²) in [6.07, 6.45) is -4.62.